The van der Waals surface area contributed by atoms with Crippen LogP contribution in [0.2, 0.25) is 9.45 Å². The summed E-state index contributed by atoms with van der Waals surface area (Å²) in [6, 6.07) is 17.4. The van der Waals surface area contributed by atoms with Crippen molar-refractivity contribution in [2.24, 2.45) is 0 Å². The molecule has 1 aliphatic heterocycles. The molecule has 2 aromatic carbocycles. The van der Waals surface area contributed by atoms with Gasteiger partial charge in [-0.3, -0.25) is 0 Å². The normalized spacial score (nSPS) is 16.2. The summed E-state index contributed by atoms with van der Waals surface area (Å²) in [6.07, 6.45) is 4.22. The Labute approximate surface area is 141 Å². The number of carbonyl (C=O) groups excluding carboxylic acids is 1. The monoisotopic (exact) mass is 339 g/mol. The third kappa shape index (κ3) is 2.85. The first kappa shape index (κ1) is 16.0. The molecule has 0 radical (unpaired) electrons. The molecule has 0 unspecified atom stereocenters. The van der Waals surface area contributed by atoms with Crippen LogP contribution >= 0.6 is 0 Å². The van der Waals surface area contributed by atoms with Gasteiger partial charge in [-0.2, -0.15) is 0 Å². The van der Waals surface area contributed by atoms with E-state index in [1.807, 2.05) is 0 Å². The predicted molar refractivity (Wildman–Crippen MR) is 92.9 cm³/mol. The summed E-state index contributed by atoms with van der Waals surface area (Å²) >= 11 is -2.20. The second-order valence-electron chi connectivity index (χ2n) is 6.00. The van der Waals surface area contributed by atoms with Gasteiger partial charge in [0.05, 0.1) is 0 Å². The third-order valence-electron chi connectivity index (χ3n) is 4.69. The summed E-state index contributed by atoms with van der Waals surface area (Å²) < 4.78 is 6.27. The van der Waals surface area contributed by atoms with Crippen LogP contribution in [-0.4, -0.2) is 6.41 Å². The summed E-state index contributed by atoms with van der Waals surface area (Å²) in [5, 5.41) is 0. The van der Waals surface area contributed by atoms with Crippen molar-refractivity contribution in [1.82, 2.24) is 3.80 Å². The number of nitrogens with one attached hydrogen (secondary N) is 1. The number of amides is 1. The summed E-state index contributed by atoms with van der Waals surface area (Å²) in [4.78, 5) is 11.0. The van der Waals surface area contributed by atoms with E-state index in [1.165, 1.54) is 31.7 Å². The Morgan fingerprint density at radius 2 is 1.39 bits per heavy atom. The van der Waals surface area contributed by atoms with Crippen molar-refractivity contribution >= 4 is 6.41 Å². The number of allylic oxidation sites excluding steroid dienone is 2. The van der Waals surface area contributed by atoms with Crippen LogP contribution in [0.1, 0.15) is 15.3 Å². The van der Waals surface area contributed by atoms with Gasteiger partial charge in [0, 0.05) is 0 Å². The van der Waals surface area contributed by atoms with Gasteiger partial charge in [-0.1, -0.05) is 25.3 Å². The van der Waals surface area contributed by atoms with Crippen LogP contribution in [0.3, 0.4) is 0 Å². The summed E-state index contributed by atoms with van der Waals surface area (Å²) in [6.45, 7) is 6.72. The van der Waals surface area contributed by atoms with Gasteiger partial charge in [0.2, 0.25) is 0 Å². The van der Waals surface area contributed by atoms with Gasteiger partial charge in [-0.25, -0.2) is 0 Å². The molecule has 0 saturated carbocycles. The number of fused-ring (bicyclic) bond motifs is 3. The van der Waals surface area contributed by atoms with Crippen molar-refractivity contribution in [3.8, 4) is 11.1 Å². The Hall–Kier alpha value is -1.90. The second-order valence-corrected chi connectivity index (χ2v) is 12.5. The van der Waals surface area contributed by atoms with Gasteiger partial charge >= 0.3 is 116 Å². The molecule has 4 rings (SSSR count). The average molecular weight is 339 g/mol. The fourth-order valence-corrected chi connectivity index (χ4v) is 10.3. The van der Waals surface area contributed by atoms with Gasteiger partial charge < -0.3 is 0 Å². The van der Waals surface area contributed by atoms with Crippen LogP contribution in [0.25, 0.3) is 11.1 Å². The van der Waals surface area contributed by atoms with E-state index in [2.05, 4.69) is 65.5 Å². The van der Waals surface area contributed by atoms with Crippen molar-refractivity contribution in [1.29, 1.82) is 0 Å². The number of hydrogen-bond acceptors (Lipinski definition) is 1. The Morgan fingerprint density at radius 3 is 1.78 bits per heavy atom. The van der Waals surface area contributed by atoms with E-state index >= 15 is 0 Å². The maximum atomic E-state index is 11.0. The van der Waals surface area contributed by atoms with Crippen molar-refractivity contribution in [3.05, 3.63) is 85.0 Å². The molecule has 116 valence electrons. The van der Waals surface area contributed by atoms with Crippen LogP contribution in [0.5, 0.6) is 0 Å². The topological polar surface area (TPSA) is 29.1 Å². The van der Waals surface area contributed by atoms with Gasteiger partial charge in [0.25, 0.3) is 0 Å². The van der Waals surface area contributed by atoms with Crippen LogP contribution in [0.4, 0.5) is 0 Å². The molecule has 23 heavy (non-hydrogen) atoms. The quantitative estimate of drug-likeness (QED) is 0.485. The first-order chi connectivity index (χ1) is 11.3. The first-order valence-electron chi connectivity index (χ1n) is 7.90. The molecule has 1 aliphatic carbocycles. The van der Waals surface area contributed by atoms with Crippen molar-refractivity contribution < 1.29 is 21.6 Å². The molecule has 2 aliphatic rings. The average Bonchev–Trinajstić information content (AvgIpc) is 3.29. The zero-order valence-electron chi connectivity index (χ0n) is 13.2. The molecule has 0 aromatic heterocycles. The molecule has 0 spiro atoms. The van der Waals surface area contributed by atoms with E-state index in [1.54, 1.807) is 12.2 Å². The fraction of sp³-hybridized carbons (Fsp3) is 0.150. The van der Waals surface area contributed by atoms with E-state index in [4.69, 9.17) is 0 Å². The van der Waals surface area contributed by atoms with Gasteiger partial charge in [0.15, 0.2) is 0 Å². The molecular formula is C20H21NOTi. The van der Waals surface area contributed by atoms with E-state index < -0.39 is 16.8 Å². The molecule has 1 fully saturated rings. The molecule has 2 aromatic rings. The van der Waals surface area contributed by atoms with Gasteiger partial charge in [-0.15, -0.1) is 0 Å². The van der Waals surface area contributed by atoms with Gasteiger partial charge in [0.1, 0.15) is 0 Å². The maximum absolute atomic E-state index is 11.0. The van der Waals surface area contributed by atoms with Crippen LogP contribution in [-0.2, 0) is 21.6 Å². The minimum absolute atomic E-state index is 0.498. The van der Waals surface area contributed by atoms with Crippen LogP contribution < -0.4 is 3.80 Å². The minimum atomic E-state index is -2.20. The number of rotatable bonds is 4. The van der Waals surface area contributed by atoms with Crippen molar-refractivity contribution in [3.63, 3.8) is 0 Å². The number of carbonyl (C=O) groups is 1. The molecule has 1 saturated heterocycles. The van der Waals surface area contributed by atoms with E-state index in [0.717, 1.165) is 6.41 Å². The zero-order chi connectivity index (χ0) is 16.3. The predicted octanol–water partition coefficient (Wildman–Crippen LogP) is 4.78. The molecule has 2 nitrogen and oxygen atoms in total. The van der Waals surface area contributed by atoms with E-state index in [9.17, 15) is 4.79 Å². The van der Waals surface area contributed by atoms with E-state index in [-0.39, 0.29) is 0 Å². The summed E-state index contributed by atoms with van der Waals surface area (Å²) in [5.74, 6) is 0. The zero-order valence-corrected chi connectivity index (χ0v) is 14.7. The third-order valence-corrected chi connectivity index (χ3v) is 10.9. The Balaban J connectivity index is 0.000000354. The molecular weight excluding hydrogens is 318 g/mol. The SMILES string of the molecule is C=CC=C.O=C[NH][Ti]1([CH]2c3ccccc3-c3ccccc32)[CH2][CH2]1. The standard InChI is InChI=1S/C13H9.C4H6.C2H4.CH3NO.Ti/c1-3-7-12-10(5-1)9-11-6-2-4-8-13(11)12;1-3-4-2;1-2;2-1-3;/h1-9H;3-4H,1-2H2;1-2H2;1H,(H2,2,3);/q;;;;+1/p-1. The number of hydrogen-bond donors (Lipinski definition) is 1. The van der Waals surface area contributed by atoms with Crippen molar-refractivity contribution in [2.45, 2.75) is 13.7 Å². The van der Waals surface area contributed by atoms with Crippen molar-refractivity contribution in [2.75, 3.05) is 0 Å². The first-order valence-corrected chi connectivity index (χ1v) is 11.8. The second kappa shape index (κ2) is 6.70. The molecule has 1 heterocycles. The number of benzene rings is 2. The molecule has 1 amide bonds. The Kier molecular flexibility index (Phi) is 4.65. The molecule has 0 atom stereocenters. The molecule has 1 N–H and O–H groups in total. The molecule has 3 heteroatoms. The Morgan fingerprint density at radius 1 is 0.913 bits per heavy atom. The Bertz CT molecular complexity index is 697. The van der Waals surface area contributed by atoms with Crippen LogP contribution in [0, 0.1) is 0 Å². The van der Waals surface area contributed by atoms with E-state index in [0.29, 0.717) is 4.22 Å². The molecule has 0 bridgehead atoms. The fourth-order valence-electron chi connectivity index (χ4n) is 3.52. The van der Waals surface area contributed by atoms with Crippen LogP contribution in [0.15, 0.2) is 73.8 Å². The summed E-state index contributed by atoms with van der Waals surface area (Å²) in [5.41, 5.74) is 5.62. The van der Waals surface area contributed by atoms with Gasteiger partial charge in [-0.05, 0) is 0 Å². The summed E-state index contributed by atoms with van der Waals surface area (Å²) in [7, 11) is 0.